The summed E-state index contributed by atoms with van der Waals surface area (Å²) < 4.78 is 5.45. The lowest BCUT2D eigenvalue weighted by molar-refractivity contribution is -0.385. The Balaban J connectivity index is 1.82. The molecule has 1 heterocycles. The molecule has 22 heavy (non-hydrogen) atoms. The second-order valence-electron chi connectivity index (χ2n) is 4.72. The average molecular weight is 324 g/mol. The number of hydrogen-bond acceptors (Lipinski definition) is 6. The highest BCUT2D eigenvalue weighted by Crippen LogP contribution is 2.25. The Labute approximate surface area is 132 Å². The van der Waals surface area contributed by atoms with Crippen molar-refractivity contribution >= 4 is 29.2 Å². The third kappa shape index (κ3) is 4.64. The third-order valence-electron chi connectivity index (χ3n) is 3.09. The summed E-state index contributed by atoms with van der Waals surface area (Å²) in [6, 6.07) is 3.98. The summed E-state index contributed by atoms with van der Waals surface area (Å²) >= 11 is 5.05. The largest absolute Gasteiger partial charge is 0.502 e. The van der Waals surface area contributed by atoms with Gasteiger partial charge in [0.25, 0.3) is 0 Å². The Morgan fingerprint density at radius 2 is 2.45 bits per heavy atom. The van der Waals surface area contributed by atoms with E-state index in [1.165, 1.54) is 24.4 Å². The first kappa shape index (κ1) is 16.1. The third-order valence-corrected chi connectivity index (χ3v) is 3.33. The zero-order valence-electron chi connectivity index (χ0n) is 11.7. The molecule has 1 aliphatic rings. The van der Waals surface area contributed by atoms with Gasteiger partial charge in [0, 0.05) is 24.8 Å². The molecule has 1 saturated heterocycles. The topological polar surface area (TPSA) is 109 Å². The van der Waals surface area contributed by atoms with Crippen LogP contribution in [0.3, 0.4) is 0 Å². The molecule has 0 unspecified atom stereocenters. The zero-order valence-corrected chi connectivity index (χ0v) is 12.5. The van der Waals surface area contributed by atoms with Gasteiger partial charge in [-0.2, -0.15) is 5.10 Å². The molecule has 118 valence electrons. The molecule has 0 aliphatic carbocycles. The number of phenolic OH excluding ortho intramolecular Hbond substituents is 1. The first-order chi connectivity index (χ1) is 10.6. The molecular weight excluding hydrogens is 308 g/mol. The number of rotatable bonds is 5. The molecule has 0 radical (unpaired) electrons. The van der Waals surface area contributed by atoms with Gasteiger partial charge < -0.3 is 15.2 Å². The summed E-state index contributed by atoms with van der Waals surface area (Å²) in [6.45, 7) is 1.40. The number of nitro groups is 1. The second-order valence-corrected chi connectivity index (χ2v) is 5.13. The van der Waals surface area contributed by atoms with Crippen LogP contribution >= 0.6 is 12.2 Å². The molecule has 0 amide bonds. The van der Waals surface area contributed by atoms with Gasteiger partial charge in [-0.1, -0.05) is 0 Å². The number of nitro benzene ring substituents is 1. The van der Waals surface area contributed by atoms with Crippen LogP contribution in [0.25, 0.3) is 0 Å². The highest BCUT2D eigenvalue weighted by molar-refractivity contribution is 7.80. The minimum absolute atomic E-state index is 0.170. The Morgan fingerprint density at radius 1 is 1.64 bits per heavy atom. The fourth-order valence-electron chi connectivity index (χ4n) is 1.98. The predicted octanol–water partition coefficient (Wildman–Crippen LogP) is 1.28. The maximum Gasteiger partial charge on any atom is 0.311 e. The number of thiocarbonyl (C=S) groups is 1. The number of ether oxygens (including phenoxy) is 1. The molecule has 1 aliphatic heterocycles. The first-order valence-electron chi connectivity index (χ1n) is 6.72. The lowest BCUT2D eigenvalue weighted by atomic mass is 10.2. The molecule has 3 N–H and O–H groups in total. The van der Waals surface area contributed by atoms with E-state index in [0.29, 0.717) is 17.2 Å². The molecule has 1 aromatic rings. The molecule has 9 heteroatoms. The van der Waals surface area contributed by atoms with Crippen molar-refractivity contribution in [1.82, 2.24) is 10.7 Å². The second kappa shape index (κ2) is 7.66. The molecule has 1 aromatic carbocycles. The summed E-state index contributed by atoms with van der Waals surface area (Å²) in [6.07, 6.45) is 3.62. The highest BCUT2D eigenvalue weighted by atomic mass is 32.1. The van der Waals surface area contributed by atoms with Crippen molar-refractivity contribution in [1.29, 1.82) is 0 Å². The lowest BCUT2D eigenvalue weighted by Gasteiger charge is -2.11. The monoisotopic (exact) mass is 324 g/mol. The molecule has 0 aromatic heterocycles. The van der Waals surface area contributed by atoms with Gasteiger partial charge in [-0.05, 0) is 37.2 Å². The molecule has 0 saturated carbocycles. The van der Waals surface area contributed by atoms with Crippen LogP contribution in [0.2, 0.25) is 0 Å². The van der Waals surface area contributed by atoms with Crippen LogP contribution in [0.15, 0.2) is 23.3 Å². The smallest absolute Gasteiger partial charge is 0.311 e. The minimum atomic E-state index is -0.659. The number of benzene rings is 1. The quantitative estimate of drug-likeness (QED) is 0.324. The average Bonchev–Trinajstić information content (AvgIpc) is 3.00. The number of phenols is 1. The summed E-state index contributed by atoms with van der Waals surface area (Å²) in [5.41, 5.74) is 2.72. The van der Waals surface area contributed by atoms with Crippen LogP contribution in [-0.4, -0.2) is 40.6 Å². The van der Waals surface area contributed by atoms with E-state index in [4.69, 9.17) is 17.0 Å². The molecule has 0 spiro atoms. The van der Waals surface area contributed by atoms with Gasteiger partial charge in [0.1, 0.15) is 0 Å². The fraction of sp³-hybridized carbons (Fsp3) is 0.385. The van der Waals surface area contributed by atoms with Crippen LogP contribution in [0, 0.1) is 10.1 Å². The van der Waals surface area contributed by atoms with Crippen molar-refractivity contribution in [3.8, 4) is 5.75 Å². The molecular formula is C13H16N4O4S. The SMILES string of the molecule is O=[N+]([O-])c1cc(/C=N\NC(=S)NC[C@@H]2CCCO2)ccc1O. The Hall–Kier alpha value is -2.26. The van der Waals surface area contributed by atoms with E-state index < -0.39 is 4.92 Å². The zero-order chi connectivity index (χ0) is 15.9. The van der Waals surface area contributed by atoms with Crippen molar-refractivity contribution in [2.45, 2.75) is 18.9 Å². The number of aromatic hydroxyl groups is 1. The molecule has 1 fully saturated rings. The summed E-state index contributed by atoms with van der Waals surface area (Å²) in [4.78, 5) is 10.1. The van der Waals surface area contributed by atoms with Gasteiger partial charge >= 0.3 is 5.69 Å². The van der Waals surface area contributed by atoms with Crippen LogP contribution in [-0.2, 0) is 4.74 Å². The number of nitrogens with one attached hydrogen (secondary N) is 2. The van der Waals surface area contributed by atoms with Crippen LogP contribution in [0.5, 0.6) is 5.75 Å². The van der Waals surface area contributed by atoms with Gasteiger partial charge in [-0.25, -0.2) is 0 Å². The van der Waals surface area contributed by atoms with Crippen LogP contribution in [0.4, 0.5) is 5.69 Å². The molecule has 1 atom stereocenters. The fourth-order valence-corrected chi connectivity index (χ4v) is 2.12. The molecule has 0 bridgehead atoms. The number of hydrazone groups is 1. The van der Waals surface area contributed by atoms with Crippen LogP contribution in [0.1, 0.15) is 18.4 Å². The van der Waals surface area contributed by atoms with Crippen molar-refractivity contribution in [3.05, 3.63) is 33.9 Å². The van der Waals surface area contributed by atoms with Gasteiger partial charge in [-0.15, -0.1) is 0 Å². The van der Waals surface area contributed by atoms with Gasteiger partial charge in [0.15, 0.2) is 10.9 Å². The molecule has 2 rings (SSSR count). The number of hydrogen-bond donors (Lipinski definition) is 3. The highest BCUT2D eigenvalue weighted by Gasteiger charge is 2.15. The van der Waals surface area contributed by atoms with Crippen LogP contribution < -0.4 is 10.7 Å². The van der Waals surface area contributed by atoms with E-state index in [-0.39, 0.29) is 17.5 Å². The van der Waals surface area contributed by atoms with Crippen molar-refractivity contribution in [3.63, 3.8) is 0 Å². The Morgan fingerprint density at radius 3 is 3.14 bits per heavy atom. The maximum absolute atomic E-state index is 10.7. The Bertz CT molecular complexity index is 587. The summed E-state index contributed by atoms with van der Waals surface area (Å²) in [7, 11) is 0. The van der Waals surface area contributed by atoms with Gasteiger partial charge in [0.2, 0.25) is 0 Å². The standard InChI is InChI=1S/C13H16N4O4S/c18-12-4-3-9(6-11(12)17(19)20)7-15-16-13(22)14-8-10-2-1-5-21-10/h3-4,6-7,10,18H,1-2,5,8H2,(H2,14,16,22)/b15-7-/t10-/m0/s1. The van der Waals surface area contributed by atoms with Gasteiger partial charge in [-0.3, -0.25) is 15.5 Å². The predicted molar refractivity (Wildman–Crippen MR) is 85.1 cm³/mol. The molecule has 8 nitrogen and oxygen atoms in total. The normalized spacial score (nSPS) is 17.5. The van der Waals surface area contributed by atoms with E-state index >= 15 is 0 Å². The van der Waals surface area contributed by atoms with E-state index in [0.717, 1.165) is 19.4 Å². The Kier molecular flexibility index (Phi) is 5.61. The lowest BCUT2D eigenvalue weighted by Crippen LogP contribution is -2.37. The first-order valence-corrected chi connectivity index (χ1v) is 7.13. The number of nitrogens with zero attached hydrogens (tertiary/aromatic N) is 2. The summed E-state index contributed by atoms with van der Waals surface area (Å²) in [5.74, 6) is -0.385. The maximum atomic E-state index is 10.7. The van der Waals surface area contributed by atoms with E-state index in [2.05, 4.69) is 15.8 Å². The van der Waals surface area contributed by atoms with Crippen molar-refractivity contribution in [2.75, 3.05) is 13.2 Å². The summed E-state index contributed by atoms with van der Waals surface area (Å²) in [5, 5.41) is 27.3. The van der Waals surface area contributed by atoms with E-state index in [1.807, 2.05) is 0 Å². The van der Waals surface area contributed by atoms with E-state index in [1.54, 1.807) is 0 Å². The minimum Gasteiger partial charge on any atom is -0.502 e. The van der Waals surface area contributed by atoms with E-state index in [9.17, 15) is 15.2 Å². The van der Waals surface area contributed by atoms with Gasteiger partial charge in [0.05, 0.1) is 17.2 Å². The van der Waals surface area contributed by atoms with Crippen molar-refractivity contribution < 1.29 is 14.8 Å². The van der Waals surface area contributed by atoms with Crippen molar-refractivity contribution in [2.24, 2.45) is 5.10 Å².